The lowest BCUT2D eigenvalue weighted by atomic mass is 10.2. The Hall–Kier alpha value is -0.450. The highest BCUT2D eigenvalue weighted by atomic mass is 79.9. The van der Waals surface area contributed by atoms with Crippen molar-refractivity contribution in [3.63, 3.8) is 0 Å². The molecule has 100 valence electrons. The number of carbonyl (C=O) groups is 1. The van der Waals surface area contributed by atoms with E-state index in [1.165, 1.54) is 7.11 Å². The molecule has 1 rings (SSSR count). The Labute approximate surface area is 125 Å². The number of anilines is 1. The minimum atomic E-state index is -0.0763. The van der Waals surface area contributed by atoms with E-state index in [1.807, 2.05) is 0 Å². The number of hydrogen-bond acceptors (Lipinski definition) is 2. The van der Waals surface area contributed by atoms with Crippen molar-refractivity contribution in [3.8, 4) is 5.75 Å². The van der Waals surface area contributed by atoms with Crippen LogP contribution < -0.4 is 10.1 Å². The third-order valence-corrected chi connectivity index (χ3v) is 3.35. The number of unbranched alkanes of at least 4 members (excludes halogenated alkanes) is 1. The van der Waals surface area contributed by atoms with Crippen LogP contribution in [0.3, 0.4) is 0 Å². The Morgan fingerprint density at radius 3 is 2.78 bits per heavy atom. The summed E-state index contributed by atoms with van der Waals surface area (Å²) in [7, 11) is 1.54. The van der Waals surface area contributed by atoms with Gasteiger partial charge in [0.2, 0.25) is 5.91 Å². The topological polar surface area (TPSA) is 38.3 Å². The number of alkyl halides is 1. The molecule has 0 spiro atoms. The molecule has 6 heteroatoms. The van der Waals surface area contributed by atoms with Gasteiger partial charge in [0, 0.05) is 17.3 Å². The van der Waals surface area contributed by atoms with Gasteiger partial charge in [-0.1, -0.05) is 11.6 Å². The molecule has 0 aliphatic carbocycles. The molecular weight excluding hydrogens is 341 g/mol. The molecule has 1 aromatic carbocycles. The summed E-state index contributed by atoms with van der Waals surface area (Å²) in [5.74, 6) is 1.05. The number of nitrogens with one attached hydrogen (secondary N) is 1. The Morgan fingerprint density at radius 2 is 2.17 bits per heavy atom. The zero-order chi connectivity index (χ0) is 13.5. The maximum atomic E-state index is 11.7. The van der Waals surface area contributed by atoms with Gasteiger partial charge in [0.1, 0.15) is 0 Å². The van der Waals surface area contributed by atoms with E-state index in [9.17, 15) is 4.79 Å². The van der Waals surface area contributed by atoms with Gasteiger partial charge in [-0.15, -0.1) is 11.6 Å². The van der Waals surface area contributed by atoms with E-state index < -0.39 is 0 Å². The second-order valence-corrected chi connectivity index (χ2v) is 5.33. The second-order valence-electron chi connectivity index (χ2n) is 3.66. The molecule has 18 heavy (non-hydrogen) atoms. The van der Waals surface area contributed by atoms with E-state index in [2.05, 4.69) is 21.2 Å². The summed E-state index contributed by atoms with van der Waals surface area (Å²) in [5, 5.41) is 3.31. The molecule has 0 aliphatic rings. The van der Waals surface area contributed by atoms with E-state index in [4.69, 9.17) is 27.9 Å². The first-order valence-electron chi connectivity index (χ1n) is 5.47. The van der Waals surface area contributed by atoms with Crippen LogP contribution in [0.25, 0.3) is 0 Å². The minimum Gasteiger partial charge on any atom is -0.493 e. The smallest absolute Gasteiger partial charge is 0.224 e. The lowest BCUT2D eigenvalue weighted by molar-refractivity contribution is -0.116. The van der Waals surface area contributed by atoms with Gasteiger partial charge < -0.3 is 10.1 Å². The lowest BCUT2D eigenvalue weighted by Crippen LogP contribution is -2.12. The van der Waals surface area contributed by atoms with Crippen LogP contribution >= 0.6 is 39.1 Å². The number of hydrogen-bond donors (Lipinski definition) is 1. The fourth-order valence-electron chi connectivity index (χ4n) is 1.45. The lowest BCUT2D eigenvalue weighted by Gasteiger charge is -2.12. The van der Waals surface area contributed by atoms with E-state index in [0.29, 0.717) is 33.2 Å². The first kappa shape index (κ1) is 15.6. The highest BCUT2D eigenvalue weighted by Gasteiger charge is 2.12. The SMILES string of the molecule is COc1c(Br)cc(Cl)cc1NC(=O)CCCCCl. The van der Waals surface area contributed by atoms with Crippen LogP contribution in [0.1, 0.15) is 19.3 Å². The van der Waals surface area contributed by atoms with Crippen LogP contribution in [0.15, 0.2) is 16.6 Å². The summed E-state index contributed by atoms with van der Waals surface area (Å²) in [6.07, 6.45) is 2.02. The molecule has 0 saturated carbocycles. The Morgan fingerprint density at radius 1 is 1.44 bits per heavy atom. The quantitative estimate of drug-likeness (QED) is 0.605. The van der Waals surface area contributed by atoms with E-state index in [-0.39, 0.29) is 5.91 Å². The van der Waals surface area contributed by atoms with Gasteiger partial charge in [-0.3, -0.25) is 4.79 Å². The van der Waals surface area contributed by atoms with Gasteiger partial charge in [-0.25, -0.2) is 0 Å². The predicted molar refractivity (Wildman–Crippen MR) is 78.9 cm³/mol. The standard InChI is InChI=1S/C12H14BrCl2NO2/c1-18-12-9(13)6-8(15)7-10(12)16-11(17)4-2-3-5-14/h6-7H,2-5H2,1H3,(H,16,17). The van der Waals surface area contributed by atoms with Crippen molar-refractivity contribution in [2.45, 2.75) is 19.3 Å². The minimum absolute atomic E-state index is 0.0763. The molecule has 1 amide bonds. The van der Waals surface area contributed by atoms with Crippen molar-refractivity contribution in [1.29, 1.82) is 0 Å². The number of benzene rings is 1. The highest BCUT2D eigenvalue weighted by molar-refractivity contribution is 9.10. The monoisotopic (exact) mass is 353 g/mol. The highest BCUT2D eigenvalue weighted by Crippen LogP contribution is 2.36. The average Bonchev–Trinajstić information content (AvgIpc) is 2.28. The Balaban J connectivity index is 2.74. The van der Waals surface area contributed by atoms with Crippen LogP contribution in [0, 0.1) is 0 Å². The van der Waals surface area contributed by atoms with Gasteiger partial charge in [-0.2, -0.15) is 0 Å². The van der Waals surface area contributed by atoms with Gasteiger partial charge >= 0.3 is 0 Å². The molecule has 0 unspecified atom stereocenters. The average molecular weight is 355 g/mol. The summed E-state index contributed by atoms with van der Waals surface area (Å²) in [6, 6.07) is 3.37. The Bertz CT molecular complexity index is 427. The van der Waals surface area contributed by atoms with Crippen LogP contribution in [-0.2, 0) is 4.79 Å². The summed E-state index contributed by atoms with van der Waals surface area (Å²) in [6.45, 7) is 0. The molecule has 0 atom stereocenters. The molecule has 0 radical (unpaired) electrons. The fraction of sp³-hybridized carbons (Fsp3) is 0.417. The zero-order valence-corrected chi connectivity index (χ0v) is 13.0. The van der Waals surface area contributed by atoms with Crippen molar-refractivity contribution >= 4 is 50.7 Å². The molecule has 1 aromatic rings. The number of amides is 1. The molecule has 3 nitrogen and oxygen atoms in total. The maximum Gasteiger partial charge on any atom is 0.224 e. The van der Waals surface area contributed by atoms with E-state index in [1.54, 1.807) is 12.1 Å². The maximum absolute atomic E-state index is 11.7. The molecule has 0 fully saturated rings. The number of ether oxygens (including phenoxy) is 1. The van der Waals surface area contributed by atoms with Gasteiger partial charge in [0.25, 0.3) is 0 Å². The molecule has 0 saturated heterocycles. The van der Waals surface area contributed by atoms with Crippen LogP contribution in [0.2, 0.25) is 5.02 Å². The third-order valence-electron chi connectivity index (χ3n) is 2.27. The van der Waals surface area contributed by atoms with Gasteiger partial charge in [0.05, 0.1) is 17.3 Å². The van der Waals surface area contributed by atoms with E-state index >= 15 is 0 Å². The molecule has 0 aromatic heterocycles. The van der Waals surface area contributed by atoms with Crippen molar-refractivity contribution < 1.29 is 9.53 Å². The predicted octanol–water partition coefficient (Wildman–Crippen LogP) is 4.46. The van der Waals surface area contributed by atoms with Gasteiger partial charge in [0.15, 0.2) is 5.75 Å². The molecule has 0 bridgehead atoms. The van der Waals surface area contributed by atoms with Crippen molar-refractivity contribution in [2.24, 2.45) is 0 Å². The first-order valence-corrected chi connectivity index (χ1v) is 7.18. The van der Waals surface area contributed by atoms with Crippen LogP contribution in [-0.4, -0.2) is 18.9 Å². The zero-order valence-electron chi connectivity index (χ0n) is 9.93. The largest absolute Gasteiger partial charge is 0.493 e. The van der Waals surface area contributed by atoms with Crippen LogP contribution in [0.5, 0.6) is 5.75 Å². The summed E-state index contributed by atoms with van der Waals surface area (Å²) in [5.41, 5.74) is 0.563. The fourth-order valence-corrected chi connectivity index (χ4v) is 2.61. The van der Waals surface area contributed by atoms with Crippen molar-refractivity contribution in [1.82, 2.24) is 0 Å². The molecule has 0 aliphatic heterocycles. The Kier molecular flexibility index (Phi) is 6.82. The summed E-state index contributed by atoms with van der Waals surface area (Å²) >= 11 is 14.8. The number of rotatable bonds is 6. The second kappa shape index (κ2) is 7.87. The normalized spacial score (nSPS) is 10.2. The summed E-state index contributed by atoms with van der Waals surface area (Å²) < 4.78 is 5.92. The van der Waals surface area contributed by atoms with Crippen molar-refractivity contribution in [2.75, 3.05) is 18.3 Å². The number of halogens is 3. The van der Waals surface area contributed by atoms with Gasteiger partial charge in [-0.05, 0) is 40.9 Å². The molecule has 0 heterocycles. The third kappa shape index (κ3) is 4.67. The molecule has 1 N–H and O–H groups in total. The van der Waals surface area contributed by atoms with Crippen molar-refractivity contribution in [3.05, 3.63) is 21.6 Å². The summed E-state index contributed by atoms with van der Waals surface area (Å²) in [4.78, 5) is 11.7. The number of methoxy groups -OCH3 is 1. The van der Waals surface area contributed by atoms with Crippen LogP contribution in [0.4, 0.5) is 5.69 Å². The first-order chi connectivity index (χ1) is 8.58. The molecular formula is C12H14BrCl2NO2. The number of carbonyl (C=O) groups excluding carboxylic acids is 1. The van der Waals surface area contributed by atoms with E-state index in [0.717, 1.165) is 12.8 Å².